The van der Waals surface area contributed by atoms with E-state index in [1.807, 2.05) is 19.9 Å². The molecule has 0 aromatic heterocycles. The van der Waals surface area contributed by atoms with E-state index in [4.69, 9.17) is 11.6 Å². The molecule has 0 radical (unpaired) electrons. The van der Waals surface area contributed by atoms with Crippen LogP contribution in [0.25, 0.3) is 0 Å². The van der Waals surface area contributed by atoms with E-state index in [1.54, 1.807) is 24.3 Å². The van der Waals surface area contributed by atoms with Gasteiger partial charge in [-0.25, -0.2) is 8.78 Å². The molecule has 1 saturated carbocycles. The number of nitrogens with zero attached hydrogens (tertiary/aromatic N) is 2. The number of fused-ring (bicyclic) bond motifs is 3. The Labute approximate surface area is 226 Å². The Morgan fingerprint density at radius 1 is 1.29 bits per heavy atom. The molecule has 1 aromatic rings. The Kier molecular flexibility index (Phi) is 8.46. The molecule has 3 aliphatic heterocycles. The van der Waals surface area contributed by atoms with Crippen LogP contribution in [0, 0.1) is 29.1 Å². The highest BCUT2D eigenvalue weighted by Gasteiger charge is 2.61. The molecule has 3 saturated heterocycles. The standard InChI is InChI=1S/C27H34ClF2N5O3/c1-15(2)10-22(33-18-5-3-4-17(28)12-18)26(38)35-20-6-7-21(27(29,30)13-20)23(35)25(37)34-19(14-31)11-16-8-9-32-24(16)36/h3-5,12,15-16,19-23,33H,6-11,13H2,1-2H3,(H,32,36)(H,34,37)/t16-,19+,20-,21-,22-,23+/m1/s1. The van der Waals surface area contributed by atoms with E-state index in [9.17, 15) is 19.6 Å². The van der Waals surface area contributed by atoms with Crippen molar-refractivity contribution in [1.29, 1.82) is 5.26 Å². The van der Waals surface area contributed by atoms with Gasteiger partial charge in [-0.2, -0.15) is 5.26 Å². The van der Waals surface area contributed by atoms with Gasteiger partial charge in [-0.15, -0.1) is 0 Å². The zero-order valence-electron chi connectivity index (χ0n) is 21.6. The van der Waals surface area contributed by atoms with Gasteiger partial charge in [0.1, 0.15) is 18.1 Å². The topological polar surface area (TPSA) is 114 Å². The van der Waals surface area contributed by atoms with Crippen LogP contribution in [0.2, 0.25) is 5.02 Å². The first-order chi connectivity index (χ1) is 18.0. The highest BCUT2D eigenvalue weighted by molar-refractivity contribution is 6.30. The van der Waals surface area contributed by atoms with E-state index in [-0.39, 0.29) is 24.7 Å². The molecule has 0 spiro atoms. The number of nitriles is 1. The van der Waals surface area contributed by atoms with Crippen LogP contribution in [0.5, 0.6) is 0 Å². The Morgan fingerprint density at radius 2 is 2.05 bits per heavy atom. The first-order valence-electron chi connectivity index (χ1n) is 13.2. The van der Waals surface area contributed by atoms with Crippen molar-refractivity contribution >= 4 is 35.0 Å². The number of carbonyl (C=O) groups is 3. The number of rotatable bonds is 9. The molecule has 11 heteroatoms. The summed E-state index contributed by atoms with van der Waals surface area (Å²) in [5.41, 5.74) is 0.615. The highest BCUT2D eigenvalue weighted by atomic mass is 35.5. The average molecular weight is 550 g/mol. The van der Waals surface area contributed by atoms with Crippen molar-refractivity contribution in [3.8, 4) is 6.07 Å². The summed E-state index contributed by atoms with van der Waals surface area (Å²) in [4.78, 5) is 40.9. The number of piperidine rings is 2. The summed E-state index contributed by atoms with van der Waals surface area (Å²) in [6, 6.07) is 4.89. The van der Waals surface area contributed by atoms with Gasteiger partial charge in [-0.3, -0.25) is 14.4 Å². The maximum Gasteiger partial charge on any atom is 0.255 e. The number of alkyl halides is 2. The fraction of sp³-hybridized carbons (Fsp3) is 0.630. The summed E-state index contributed by atoms with van der Waals surface area (Å²) >= 11 is 6.12. The molecule has 38 heavy (non-hydrogen) atoms. The number of amides is 3. The van der Waals surface area contributed by atoms with Crippen molar-refractivity contribution in [2.45, 2.75) is 82.5 Å². The van der Waals surface area contributed by atoms with Crippen LogP contribution in [0.15, 0.2) is 24.3 Å². The lowest BCUT2D eigenvalue weighted by atomic mass is 9.71. The number of hydrogen-bond acceptors (Lipinski definition) is 5. The van der Waals surface area contributed by atoms with Crippen molar-refractivity contribution in [2.24, 2.45) is 17.8 Å². The van der Waals surface area contributed by atoms with E-state index in [0.29, 0.717) is 36.5 Å². The van der Waals surface area contributed by atoms with E-state index in [2.05, 4.69) is 16.0 Å². The third-order valence-corrected chi connectivity index (χ3v) is 8.02. The van der Waals surface area contributed by atoms with Crippen LogP contribution in [-0.2, 0) is 14.4 Å². The van der Waals surface area contributed by atoms with Gasteiger partial charge in [-0.1, -0.05) is 31.5 Å². The highest BCUT2D eigenvalue weighted by Crippen LogP contribution is 2.49. The molecule has 1 aliphatic carbocycles. The van der Waals surface area contributed by atoms with Crippen molar-refractivity contribution in [1.82, 2.24) is 15.5 Å². The number of carbonyl (C=O) groups excluding carboxylic acids is 3. The van der Waals surface area contributed by atoms with Gasteiger partial charge >= 0.3 is 0 Å². The molecule has 4 aliphatic rings. The minimum atomic E-state index is -3.11. The molecular formula is C27H34ClF2N5O3. The van der Waals surface area contributed by atoms with Gasteiger partial charge in [-0.05, 0) is 56.2 Å². The minimum absolute atomic E-state index is 0.0888. The summed E-state index contributed by atoms with van der Waals surface area (Å²) < 4.78 is 30.2. The maximum absolute atomic E-state index is 15.1. The summed E-state index contributed by atoms with van der Waals surface area (Å²) in [5, 5.41) is 18.6. The van der Waals surface area contributed by atoms with Crippen LogP contribution < -0.4 is 16.0 Å². The van der Waals surface area contributed by atoms with Crippen LogP contribution in [-0.4, -0.2) is 59.3 Å². The summed E-state index contributed by atoms with van der Waals surface area (Å²) in [5.74, 6) is -6.18. The number of hydrogen-bond donors (Lipinski definition) is 3. The molecule has 1 aromatic carbocycles. The first-order valence-corrected chi connectivity index (χ1v) is 13.6. The summed E-state index contributed by atoms with van der Waals surface area (Å²) in [6.07, 6.45) is 1.04. The van der Waals surface area contributed by atoms with Gasteiger partial charge in [0, 0.05) is 35.6 Å². The monoisotopic (exact) mass is 549 g/mol. The Bertz CT molecular complexity index is 1110. The van der Waals surface area contributed by atoms with Crippen molar-refractivity contribution in [2.75, 3.05) is 11.9 Å². The van der Waals surface area contributed by atoms with Crippen LogP contribution in [0.1, 0.15) is 52.4 Å². The van der Waals surface area contributed by atoms with E-state index in [1.165, 1.54) is 4.90 Å². The molecule has 5 rings (SSSR count). The molecule has 8 nitrogen and oxygen atoms in total. The van der Waals surface area contributed by atoms with Crippen molar-refractivity contribution in [3.05, 3.63) is 29.3 Å². The maximum atomic E-state index is 15.1. The third kappa shape index (κ3) is 6.04. The zero-order chi connectivity index (χ0) is 27.6. The normalized spacial score (nSPS) is 27.4. The van der Waals surface area contributed by atoms with E-state index in [0.717, 1.165) is 0 Å². The quantitative estimate of drug-likeness (QED) is 0.434. The largest absolute Gasteiger partial charge is 0.374 e. The molecular weight excluding hydrogens is 516 g/mol. The predicted molar refractivity (Wildman–Crippen MR) is 138 cm³/mol. The molecule has 3 N–H and O–H groups in total. The first kappa shape index (κ1) is 28.1. The molecule has 3 heterocycles. The Morgan fingerprint density at radius 3 is 2.66 bits per heavy atom. The van der Waals surface area contributed by atoms with Gasteiger partial charge in [0.05, 0.1) is 12.0 Å². The number of anilines is 1. The Hall–Kier alpha value is -2.93. The molecule has 6 atom stereocenters. The second-order valence-electron chi connectivity index (χ2n) is 11.0. The van der Waals surface area contributed by atoms with Gasteiger partial charge in [0.15, 0.2) is 0 Å². The van der Waals surface area contributed by atoms with Gasteiger partial charge in [0.2, 0.25) is 17.7 Å². The van der Waals surface area contributed by atoms with Crippen LogP contribution in [0.4, 0.5) is 14.5 Å². The lowest BCUT2D eigenvalue weighted by molar-refractivity contribution is -0.194. The second-order valence-corrected chi connectivity index (χ2v) is 11.5. The fourth-order valence-electron chi connectivity index (χ4n) is 6.03. The molecule has 2 bridgehead atoms. The van der Waals surface area contributed by atoms with E-state index >= 15 is 8.78 Å². The summed E-state index contributed by atoms with van der Waals surface area (Å²) in [7, 11) is 0. The lowest BCUT2D eigenvalue weighted by Crippen LogP contribution is -2.70. The average Bonchev–Trinajstić information content (AvgIpc) is 3.25. The number of benzene rings is 1. The van der Waals surface area contributed by atoms with Gasteiger partial charge < -0.3 is 20.9 Å². The minimum Gasteiger partial charge on any atom is -0.374 e. The molecule has 3 amide bonds. The zero-order valence-corrected chi connectivity index (χ0v) is 22.3. The third-order valence-electron chi connectivity index (χ3n) is 7.78. The summed E-state index contributed by atoms with van der Waals surface area (Å²) in [6.45, 7) is 4.40. The van der Waals surface area contributed by atoms with Crippen LogP contribution >= 0.6 is 11.6 Å². The predicted octanol–water partition coefficient (Wildman–Crippen LogP) is 3.72. The van der Waals surface area contributed by atoms with Crippen molar-refractivity contribution < 1.29 is 23.2 Å². The SMILES string of the molecule is CC(C)C[C@@H](Nc1cccc(Cl)c1)C(=O)N1[C@@H]2CC[C@H]([C@H]1C(=O)N[C@H](C#N)C[C@H]1CCNC1=O)C(F)(F)C2. The Balaban J connectivity index is 1.59. The van der Waals surface area contributed by atoms with Crippen LogP contribution in [0.3, 0.4) is 0 Å². The number of halogens is 3. The second kappa shape index (κ2) is 11.4. The van der Waals surface area contributed by atoms with E-state index < -0.39 is 60.2 Å². The number of nitrogens with one attached hydrogen (secondary N) is 3. The molecule has 4 fully saturated rings. The van der Waals surface area contributed by atoms with Crippen molar-refractivity contribution in [3.63, 3.8) is 0 Å². The lowest BCUT2D eigenvalue weighted by Gasteiger charge is -2.54. The fourth-order valence-corrected chi connectivity index (χ4v) is 6.22. The molecule has 0 unspecified atom stereocenters. The van der Waals surface area contributed by atoms with Gasteiger partial charge in [0.25, 0.3) is 5.92 Å². The molecule has 206 valence electrons. The smallest absolute Gasteiger partial charge is 0.255 e.